The molecule has 35 heavy (non-hydrogen) atoms. The standard InChI is InChI=1S/C29H33BrN2O2S/c1-3-22(2)31-29(34)27(18-23-10-6-4-7-11-23)32(19-24-12-8-5-9-13-24)28(33)21-35-20-25-14-16-26(30)17-15-25/h4-17,22,27H,3,18-21H2,1-2H3,(H,31,34)/t22-,27-/m1/s1. The molecule has 0 unspecified atom stereocenters. The molecule has 2 amide bonds. The lowest BCUT2D eigenvalue weighted by atomic mass is 10.0. The van der Waals surface area contributed by atoms with Gasteiger partial charge in [-0.3, -0.25) is 9.59 Å². The van der Waals surface area contributed by atoms with Crippen LogP contribution in [0.25, 0.3) is 0 Å². The SMILES string of the molecule is CC[C@@H](C)NC(=O)[C@@H](Cc1ccccc1)N(Cc1ccccc1)C(=O)CSCc1ccc(Br)cc1. The van der Waals surface area contributed by atoms with Gasteiger partial charge in [0.2, 0.25) is 11.8 Å². The highest BCUT2D eigenvalue weighted by Crippen LogP contribution is 2.20. The largest absolute Gasteiger partial charge is 0.352 e. The molecule has 0 saturated heterocycles. The third-order valence-corrected chi connectivity index (χ3v) is 7.39. The summed E-state index contributed by atoms with van der Waals surface area (Å²) in [7, 11) is 0. The van der Waals surface area contributed by atoms with E-state index in [1.165, 1.54) is 0 Å². The molecule has 0 radical (unpaired) electrons. The Bertz CT molecular complexity index is 1060. The van der Waals surface area contributed by atoms with Gasteiger partial charge in [0.25, 0.3) is 0 Å². The van der Waals surface area contributed by atoms with Crippen LogP contribution < -0.4 is 5.32 Å². The van der Waals surface area contributed by atoms with Crippen LogP contribution >= 0.6 is 27.7 Å². The summed E-state index contributed by atoms with van der Waals surface area (Å²) in [5.41, 5.74) is 3.20. The van der Waals surface area contributed by atoms with Gasteiger partial charge in [-0.05, 0) is 42.2 Å². The van der Waals surface area contributed by atoms with Gasteiger partial charge >= 0.3 is 0 Å². The van der Waals surface area contributed by atoms with Crippen LogP contribution in [0, 0.1) is 0 Å². The van der Waals surface area contributed by atoms with E-state index < -0.39 is 6.04 Å². The fraction of sp³-hybridized carbons (Fsp3) is 0.310. The first-order chi connectivity index (χ1) is 17.0. The summed E-state index contributed by atoms with van der Waals surface area (Å²) < 4.78 is 1.03. The zero-order valence-corrected chi connectivity index (χ0v) is 22.7. The lowest BCUT2D eigenvalue weighted by Crippen LogP contribution is -2.52. The molecule has 1 N–H and O–H groups in total. The molecule has 4 nitrogen and oxygen atoms in total. The van der Waals surface area contributed by atoms with E-state index in [9.17, 15) is 9.59 Å². The molecular formula is C29H33BrN2O2S. The van der Waals surface area contributed by atoms with Crippen molar-refractivity contribution in [2.45, 2.75) is 51.1 Å². The fourth-order valence-corrected chi connectivity index (χ4v) is 4.83. The van der Waals surface area contributed by atoms with Gasteiger partial charge in [-0.1, -0.05) is 95.7 Å². The number of halogens is 1. The van der Waals surface area contributed by atoms with E-state index in [-0.39, 0.29) is 17.9 Å². The maximum atomic E-state index is 13.6. The van der Waals surface area contributed by atoms with E-state index in [4.69, 9.17) is 0 Å². The molecule has 0 aliphatic carbocycles. The second-order valence-corrected chi connectivity index (χ2v) is 10.6. The molecule has 0 aliphatic heterocycles. The molecule has 3 aromatic carbocycles. The van der Waals surface area contributed by atoms with Crippen LogP contribution in [-0.4, -0.2) is 34.6 Å². The summed E-state index contributed by atoms with van der Waals surface area (Å²) in [6.45, 7) is 4.43. The van der Waals surface area contributed by atoms with Gasteiger partial charge < -0.3 is 10.2 Å². The molecule has 0 bridgehead atoms. The molecule has 0 saturated carbocycles. The van der Waals surface area contributed by atoms with Crippen LogP contribution in [0.4, 0.5) is 0 Å². The minimum atomic E-state index is -0.590. The van der Waals surface area contributed by atoms with Crippen LogP contribution in [0.15, 0.2) is 89.4 Å². The molecule has 184 valence electrons. The molecule has 0 aliphatic rings. The molecule has 0 aromatic heterocycles. The maximum absolute atomic E-state index is 13.6. The summed E-state index contributed by atoms with van der Waals surface area (Å²) >= 11 is 5.04. The van der Waals surface area contributed by atoms with E-state index >= 15 is 0 Å². The number of thioether (sulfide) groups is 1. The minimum Gasteiger partial charge on any atom is -0.352 e. The normalized spacial score (nSPS) is 12.5. The van der Waals surface area contributed by atoms with Crippen molar-refractivity contribution in [1.29, 1.82) is 0 Å². The number of rotatable bonds is 12. The number of hydrogen-bond donors (Lipinski definition) is 1. The molecule has 3 aromatic rings. The van der Waals surface area contributed by atoms with Crippen molar-refractivity contribution < 1.29 is 9.59 Å². The van der Waals surface area contributed by atoms with Crippen molar-refractivity contribution in [3.05, 3.63) is 106 Å². The Balaban J connectivity index is 1.82. The van der Waals surface area contributed by atoms with Crippen LogP contribution in [0.1, 0.15) is 37.0 Å². The summed E-state index contributed by atoms with van der Waals surface area (Å²) in [6.07, 6.45) is 1.30. The van der Waals surface area contributed by atoms with E-state index in [0.29, 0.717) is 18.7 Å². The van der Waals surface area contributed by atoms with Crippen molar-refractivity contribution in [3.63, 3.8) is 0 Å². The lowest BCUT2D eigenvalue weighted by Gasteiger charge is -2.32. The van der Waals surface area contributed by atoms with E-state index in [0.717, 1.165) is 33.3 Å². The van der Waals surface area contributed by atoms with Gasteiger partial charge in [-0.25, -0.2) is 0 Å². The summed E-state index contributed by atoms with van der Waals surface area (Å²) in [5.74, 6) is 0.910. The van der Waals surface area contributed by atoms with Crippen LogP contribution in [-0.2, 0) is 28.3 Å². The number of carbonyl (C=O) groups excluding carboxylic acids is 2. The number of amides is 2. The van der Waals surface area contributed by atoms with Crippen molar-refractivity contribution in [2.75, 3.05) is 5.75 Å². The topological polar surface area (TPSA) is 49.4 Å². The first kappa shape index (κ1) is 27.0. The van der Waals surface area contributed by atoms with Gasteiger partial charge in [0.05, 0.1) is 5.75 Å². The maximum Gasteiger partial charge on any atom is 0.243 e. The zero-order valence-electron chi connectivity index (χ0n) is 20.3. The van der Waals surface area contributed by atoms with E-state index in [1.807, 2.05) is 86.6 Å². The van der Waals surface area contributed by atoms with Crippen molar-refractivity contribution in [2.24, 2.45) is 0 Å². The van der Waals surface area contributed by atoms with Crippen molar-refractivity contribution >= 4 is 39.5 Å². The number of hydrogen-bond acceptors (Lipinski definition) is 3. The Morgan fingerprint density at radius 3 is 2.09 bits per heavy atom. The predicted molar refractivity (Wildman–Crippen MR) is 149 cm³/mol. The molecule has 0 spiro atoms. The van der Waals surface area contributed by atoms with Crippen LogP contribution in [0.3, 0.4) is 0 Å². The first-order valence-electron chi connectivity index (χ1n) is 12.0. The molecule has 6 heteroatoms. The lowest BCUT2D eigenvalue weighted by molar-refractivity contribution is -0.139. The smallest absolute Gasteiger partial charge is 0.243 e. The third-order valence-electron chi connectivity index (χ3n) is 5.88. The summed E-state index contributed by atoms with van der Waals surface area (Å²) in [6, 6.07) is 27.4. The molecule has 2 atom stereocenters. The van der Waals surface area contributed by atoms with Gasteiger partial charge in [0, 0.05) is 29.2 Å². The quantitative estimate of drug-likeness (QED) is 0.289. The molecule has 0 heterocycles. The second-order valence-electron chi connectivity index (χ2n) is 8.65. The number of nitrogens with one attached hydrogen (secondary N) is 1. The Hall–Kier alpha value is -2.57. The predicted octanol–water partition coefficient (Wildman–Crippen LogP) is 6.24. The Labute approximate surface area is 221 Å². The van der Waals surface area contributed by atoms with E-state index in [1.54, 1.807) is 16.7 Å². The number of nitrogens with zero attached hydrogens (tertiary/aromatic N) is 1. The number of benzene rings is 3. The fourth-order valence-electron chi connectivity index (χ4n) is 3.69. The monoisotopic (exact) mass is 552 g/mol. The van der Waals surface area contributed by atoms with Crippen LogP contribution in [0.5, 0.6) is 0 Å². The Kier molecular flexibility index (Phi) is 10.9. The average molecular weight is 554 g/mol. The van der Waals surface area contributed by atoms with Crippen molar-refractivity contribution in [3.8, 4) is 0 Å². The second kappa shape index (κ2) is 14.1. The molecule has 3 rings (SSSR count). The highest BCUT2D eigenvalue weighted by molar-refractivity contribution is 9.10. The van der Waals surface area contributed by atoms with Gasteiger partial charge in [0.1, 0.15) is 6.04 Å². The Morgan fingerprint density at radius 2 is 1.49 bits per heavy atom. The van der Waals surface area contributed by atoms with Gasteiger partial charge in [-0.2, -0.15) is 0 Å². The molecular weight excluding hydrogens is 520 g/mol. The molecule has 0 fully saturated rings. The zero-order chi connectivity index (χ0) is 25.0. The Morgan fingerprint density at radius 1 is 0.886 bits per heavy atom. The summed E-state index contributed by atoms with van der Waals surface area (Å²) in [5, 5.41) is 3.11. The van der Waals surface area contributed by atoms with Gasteiger partial charge in [0.15, 0.2) is 0 Å². The van der Waals surface area contributed by atoms with Gasteiger partial charge in [-0.15, -0.1) is 11.8 Å². The van der Waals surface area contributed by atoms with Crippen LogP contribution in [0.2, 0.25) is 0 Å². The minimum absolute atomic E-state index is 0.0313. The first-order valence-corrected chi connectivity index (χ1v) is 13.9. The van der Waals surface area contributed by atoms with Crippen molar-refractivity contribution in [1.82, 2.24) is 10.2 Å². The summed E-state index contributed by atoms with van der Waals surface area (Å²) in [4.78, 5) is 28.8. The van der Waals surface area contributed by atoms with E-state index in [2.05, 4.69) is 33.4 Å². The number of carbonyl (C=O) groups is 2. The highest BCUT2D eigenvalue weighted by Gasteiger charge is 2.30. The average Bonchev–Trinajstić information content (AvgIpc) is 2.88. The third kappa shape index (κ3) is 8.86. The highest BCUT2D eigenvalue weighted by atomic mass is 79.9.